The van der Waals surface area contributed by atoms with Crippen LogP contribution in [-0.2, 0) is 9.59 Å². The second-order valence-electron chi connectivity index (χ2n) is 3.35. The predicted octanol–water partition coefficient (Wildman–Crippen LogP) is 3.41. The molecule has 0 saturated carbocycles. The lowest BCUT2D eigenvalue weighted by atomic mass is 10.2. The Morgan fingerprint density at radius 1 is 1.38 bits per heavy atom. The van der Waals surface area contributed by atoms with Crippen molar-refractivity contribution >= 4 is 44.9 Å². The molecule has 1 rings (SSSR count). The van der Waals surface area contributed by atoms with Gasteiger partial charge in [-0.15, -0.1) is 0 Å². The number of halogens is 2. The average molecular weight is 305 g/mol. The van der Waals surface area contributed by atoms with E-state index in [0.29, 0.717) is 15.2 Å². The highest BCUT2D eigenvalue weighted by atomic mass is 79.9. The molecule has 3 nitrogen and oxygen atoms in total. The number of rotatable bonds is 4. The third-order valence-electron chi connectivity index (χ3n) is 1.93. The van der Waals surface area contributed by atoms with Gasteiger partial charge in [0.25, 0.3) is 0 Å². The summed E-state index contributed by atoms with van der Waals surface area (Å²) < 4.78 is 0.646. The minimum Gasteiger partial charge on any atom is -0.325 e. The molecule has 1 aromatic rings. The van der Waals surface area contributed by atoms with Gasteiger partial charge < -0.3 is 10.1 Å². The second-order valence-corrected chi connectivity index (χ2v) is 4.55. The maximum absolute atomic E-state index is 11.5. The van der Waals surface area contributed by atoms with Gasteiger partial charge in [0.1, 0.15) is 5.78 Å². The highest BCUT2D eigenvalue weighted by molar-refractivity contribution is 9.10. The molecule has 0 spiro atoms. The maximum atomic E-state index is 11.5. The Balaban J connectivity index is 2.63. The van der Waals surface area contributed by atoms with Gasteiger partial charge in [-0.3, -0.25) is 4.79 Å². The Morgan fingerprint density at radius 2 is 2.06 bits per heavy atom. The van der Waals surface area contributed by atoms with Crippen LogP contribution in [0.25, 0.3) is 0 Å². The number of ketones is 1. The lowest BCUT2D eigenvalue weighted by Crippen LogP contribution is -2.12. The van der Waals surface area contributed by atoms with Crippen LogP contribution in [0, 0.1) is 0 Å². The van der Waals surface area contributed by atoms with E-state index in [1.165, 1.54) is 6.92 Å². The Hall–Kier alpha value is -0.870. The molecule has 5 heteroatoms. The summed E-state index contributed by atoms with van der Waals surface area (Å²) in [5.41, 5.74) is 0.612. The van der Waals surface area contributed by atoms with E-state index in [0.717, 1.165) is 0 Å². The third kappa shape index (κ3) is 3.94. The molecule has 16 heavy (non-hydrogen) atoms. The molecule has 0 heterocycles. The largest absolute Gasteiger partial charge is 0.325 e. The van der Waals surface area contributed by atoms with Gasteiger partial charge in [0.2, 0.25) is 5.91 Å². The molecule has 1 amide bonds. The first kappa shape index (κ1) is 13.2. The van der Waals surface area contributed by atoms with Crippen LogP contribution >= 0.6 is 27.5 Å². The number of benzene rings is 1. The Bertz CT molecular complexity index is 420. The van der Waals surface area contributed by atoms with Crippen molar-refractivity contribution in [2.45, 2.75) is 19.8 Å². The fourth-order valence-corrected chi connectivity index (χ4v) is 1.64. The molecule has 0 bridgehead atoms. The minimum absolute atomic E-state index is 0.000287. The number of anilines is 1. The Morgan fingerprint density at radius 3 is 2.69 bits per heavy atom. The zero-order valence-corrected chi connectivity index (χ0v) is 11.1. The van der Waals surface area contributed by atoms with Crippen LogP contribution in [-0.4, -0.2) is 11.7 Å². The summed E-state index contributed by atoms with van der Waals surface area (Å²) >= 11 is 9.15. The van der Waals surface area contributed by atoms with Crippen molar-refractivity contribution in [1.82, 2.24) is 0 Å². The van der Waals surface area contributed by atoms with Gasteiger partial charge in [0.05, 0.1) is 15.2 Å². The molecule has 0 aromatic heterocycles. The van der Waals surface area contributed by atoms with E-state index in [1.54, 1.807) is 18.2 Å². The topological polar surface area (TPSA) is 46.2 Å². The molecular formula is C11H11BrClNO2. The average Bonchev–Trinajstić information content (AvgIpc) is 2.22. The summed E-state index contributed by atoms with van der Waals surface area (Å²) in [6.45, 7) is 1.46. The smallest absolute Gasteiger partial charge is 0.224 e. The monoisotopic (exact) mass is 303 g/mol. The summed E-state index contributed by atoms with van der Waals surface area (Å²) in [6.07, 6.45) is 0.443. The molecule has 86 valence electrons. The highest BCUT2D eigenvalue weighted by Crippen LogP contribution is 2.30. The zero-order chi connectivity index (χ0) is 12.1. The van der Waals surface area contributed by atoms with Crippen molar-refractivity contribution < 1.29 is 9.59 Å². The molecule has 0 aliphatic heterocycles. The van der Waals surface area contributed by atoms with E-state index in [4.69, 9.17) is 11.6 Å². The first-order valence-electron chi connectivity index (χ1n) is 4.74. The molecule has 0 fully saturated rings. The lowest BCUT2D eigenvalue weighted by molar-refractivity contribution is -0.121. The number of carbonyl (C=O) groups is 2. The van der Waals surface area contributed by atoms with Gasteiger partial charge in [-0.2, -0.15) is 0 Å². The van der Waals surface area contributed by atoms with Crippen molar-refractivity contribution in [1.29, 1.82) is 0 Å². The summed E-state index contributed by atoms with van der Waals surface area (Å²) in [4.78, 5) is 22.2. The summed E-state index contributed by atoms with van der Waals surface area (Å²) in [7, 11) is 0. The highest BCUT2D eigenvalue weighted by Gasteiger charge is 2.08. The first-order chi connectivity index (χ1) is 7.50. The zero-order valence-electron chi connectivity index (χ0n) is 8.72. The molecule has 0 aliphatic rings. The number of Topliss-reactive ketones (excluding diaryl/α,β-unsaturated/α-hetero) is 1. The molecule has 1 N–H and O–H groups in total. The molecular weight excluding hydrogens is 293 g/mol. The van der Waals surface area contributed by atoms with Gasteiger partial charge in [0, 0.05) is 12.8 Å². The second kappa shape index (κ2) is 6.01. The standard InChI is InChI=1S/C11H11BrClNO2/c1-7(15)5-6-10(16)14-9-4-2-3-8(13)11(9)12/h2-4H,5-6H2,1H3,(H,14,16). The third-order valence-corrected chi connectivity index (χ3v) is 3.33. The Kier molecular flexibility index (Phi) is 4.96. The van der Waals surface area contributed by atoms with Crippen LogP contribution in [0.5, 0.6) is 0 Å². The summed E-state index contributed by atoms with van der Waals surface area (Å²) in [5, 5.41) is 3.22. The molecule has 0 saturated heterocycles. The van der Waals surface area contributed by atoms with E-state index in [1.807, 2.05) is 0 Å². The van der Waals surface area contributed by atoms with Crippen molar-refractivity contribution in [3.63, 3.8) is 0 Å². The molecule has 0 atom stereocenters. The Labute approximate surface area is 107 Å². The van der Waals surface area contributed by atoms with Crippen molar-refractivity contribution in [3.8, 4) is 0 Å². The lowest BCUT2D eigenvalue weighted by Gasteiger charge is -2.07. The van der Waals surface area contributed by atoms with E-state index < -0.39 is 0 Å². The SMILES string of the molecule is CC(=O)CCC(=O)Nc1cccc(Cl)c1Br. The van der Waals surface area contributed by atoms with Crippen LogP contribution in [0.2, 0.25) is 5.02 Å². The maximum Gasteiger partial charge on any atom is 0.224 e. The fraction of sp³-hybridized carbons (Fsp3) is 0.273. The van der Waals surface area contributed by atoms with Crippen LogP contribution in [0.3, 0.4) is 0 Å². The van der Waals surface area contributed by atoms with Gasteiger partial charge >= 0.3 is 0 Å². The molecule has 0 aliphatic carbocycles. The number of nitrogens with one attached hydrogen (secondary N) is 1. The molecule has 0 radical (unpaired) electrons. The van der Waals surface area contributed by atoms with Crippen LogP contribution < -0.4 is 5.32 Å². The number of hydrogen-bond donors (Lipinski definition) is 1. The normalized spacial score (nSPS) is 9.94. The molecule has 1 aromatic carbocycles. The summed E-state index contributed by atoms with van der Waals surface area (Å²) in [6, 6.07) is 5.20. The minimum atomic E-state index is -0.196. The van der Waals surface area contributed by atoms with Gasteiger partial charge in [-0.1, -0.05) is 17.7 Å². The van der Waals surface area contributed by atoms with E-state index in [2.05, 4.69) is 21.2 Å². The number of carbonyl (C=O) groups excluding carboxylic acids is 2. The number of hydrogen-bond acceptors (Lipinski definition) is 2. The van der Waals surface area contributed by atoms with Gasteiger partial charge in [-0.05, 0) is 35.0 Å². The van der Waals surface area contributed by atoms with Crippen molar-refractivity contribution in [3.05, 3.63) is 27.7 Å². The van der Waals surface area contributed by atoms with Crippen LogP contribution in [0.1, 0.15) is 19.8 Å². The fourth-order valence-electron chi connectivity index (χ4n) is 1.10. The van der Waals surface area contributed by atoms with Gasteiger partial charge in [0.15, 0.2) is 0 Å². The van der Waals surface area contributed by atoms with Crippen molar-refractivity contribution in [2.75, 3.05) is 5.32 Å². The molecule has 0 unspecified atom stereocenters. The number of amides is 1. The van der Waals surface area contributed by atoms with Crippen LogP contribution in [0.4, 0.5) is 5.69 Å². The predicted molar refractivity (Wildman–Crippen MR) is 67.7 cm³/mol. The first-order valence-corrected chi connectivity index (χ1v) is 5.91. The van der Waals surface area contributed by atoms with E-state index in [-0.39, 0.29) is 24.5 Å². The van der Waals surface area contributed by atoms with E-state index >= 15 is 0 Å². The van der Waals surface area contributed by atoms with Gasteiger partial charge in [-0.25, -0.2) is 0 Å². The van der Waals surface area contributed by atoms with Crippen LogP contribution in [0.15, 0.2) is 22.7 Å². The quantitative estimate of drug-likeness (QED) is 0.926. The van der Waals surface area contributed by atoms with E-state index in [9.17, 15) is 9.59 Å². The summed E-state index contributed by atoms with van der Waals surface area (Å²) in [5.74, 6) is -0.196. The van der Waals surface area contributed by atoms with Crippen molar-refractivity contribution in [2.24, 2.45) is 0 Å².